The van der Waals surface area contributed by atoms with Gasteiger partial charge in [-0.05, 0) is 54.8 Å². The molecule has 154 valence electrons. The van der Waals surface area contributed by atoms with Crippen LogP contribution in [-0.2, 0) is 16.0 Å². The van der Waals surface area contributed by atoms with Crippen molar-refractivity contribution < 1.29 is 18.7 Å². The third kappa shape index (κ3) is 5.94. The third-order valence-electron chi connectivity index (χ3n) is 5.17. The number of piperidine rings is 1. The lowest BCUT2D eigenvalue weighted by Crippen LogP contribution is -2.50. The number of ether oxygens (including phenoxy) is 1. The van der Waals surface area contributed by atoms with Crippen LogP contribution in [0.15, 0.2) is 48.5 Å². The lowest BCUT2D eigenvalue weighted by molar-refractivity contribution is -0.136. The number of hydrogen-bond acceptors (Lipinski definition) is 3. The van der Waals surface area contributed by atoms with Gasteiger partial charge in [0.05, 0.1) is 13.0 Å². The predicted octanol–water partition coefficient (Wildman–Crippen LogP) is 3.58. The summed E-state index contributed by atoms with van der Waals surface area (Å²) in [6, 6.07) is 12.9. The van der Waals surface area contributed by atoms with Crippen LogP contribution in [0.25, 0.3) is 0 Å². The molecular weight excluding hydrogens is 395 g/mol. The zero-order valence-electron chi connectivity index (χ0n) is 16.1. The molecule has 7 heteroatoms. The Balaban J connectivity index is 1.70. The van der Waals surface area contributed by atoms with Crippen LogP contribution >= 0.6 is 11.6 Å². The number of carbonyl (C=O) groups is 2. The molecule has 0 saturated carbocycles. The largest absolute Gasteiger partial charge is 0.493 e. The quantitative estimate of drug-likeness (QED) is 0.746. The van der Waals surface area contributed by atoms with Crippen molar-refractivity contribution in [1.29, 1.82) is 0 Å². The van der Waals surface area contributed by atoms with Gasteiger partial charge in [-0.2, -0.15) is 0 Å². The Morgan fingerprint density at radius 3 is 2.66 bits per heavy atom. The fraction of sp³-hybridized carbons (Fsp3) is 0.364. The zero-order valence-corrected chi connectivity index (χ0v) is 16.8. The maximum Gasteiger partial charge on any atom is 0.227 e. The molecule has 2 amide bonds. The van der Waals surface area contributed by atoms with E-state index < -0.39 is 11.3 Å². The van der Waals surface area contributed by atoms with E-state index in [1.165, 1.54) is 24.3 Å². The Morgan fingerprint density at radius 2 is 1.97 bits per heavy atom. The molecule has 1 fully saturated rings. The average molecular weight is 419 g/mol. The van der Waals surface area contributed by atoms with E-state index in [0.29, 0.717) is 23.9 Å². The van der Waals surface area contributed by atoms with Gasteiger partial charge in [0.15, 0.2) is 0 Å². The molecule has 3 rings (SSSR count). The Morgan fingerprint density at radius 1 is 1.21 bits per heavy atom. The molecule has 5 nitrogen and oxygen atoms in total. The van der Waals surface area contributed by atoms with Gasteiger partial charge in [-0.3, -0.25) is 9.59 Å². The van der Waals surface area contributed by atoms with Crippen molar-refractivity contribution >= 4 is 23.4 Å². The number of rotatable bonds is 7. The van der Waals surface area contributed by atoms with Gasteiger partial charge >= 0.3 is 0 Å². The van der Waals surface area contributed by atoms with Crippen molar-refractivity contribution in [2.24, 2.45) is 11.1 Å². The van der Waals surface area contributed by atoms with E-state index in [4.69, 9.17) is 22.1 Å². The van der Waals surface area contributed by atoms with Gasteiger partial charge < -0.3 is 15.4 Å². The summed E-state index contributed by atoms with van der Waals surface area (Å²) < 4.78 is 18.9. The molecule has 1 aliphatic rings. The van der Waals surface area contributed by atoms with E-state index >= 15 is 0 Å². The highest BCUT2D eigenvalue weighted by atomic mass is 35.5. The summed E-state index contributed by atoms with van der Waals surface area (Å²) in [7, 11) is 0. The van der Waals surface area contributed by atoms with Crippen LogP contribution in [0.2, 0.25) is 5.02 Å². The number of amides is 2. The molecule has 0 aromatic heterocycles. The van der Waals surface area contributed by atoms with Crippen LogP contribution in [0.5, 0.6) is 5.75 Å². The van der Waals surface area contributed by atoms with E-state index in [1.54, 1.807) is 17.0 Å². The van der Waals surface area contributed by atoms with Gasteiger partial charge in [0.25, 0.3) is 0 Å². The van der Waals surface area contributed by atoms with Crippen molar-refractivity contribution in [3.8, 4) is 5.75 Å². The van der Waals surface area contributed by atoms with Crippen LogP contribution in [0.3, 0.4) is 0 Å². The second-order valence-electron chi connectivity index (χ2n) is 7.61. The van der Waals surface area contributed by atoms with Crippen molar-refractivity contribution in [3.63, 3.8) is 0 Å². The first-order valence-electron chi connectivity index (χ1n) is 9.54. The lowest BCUT2D eigenvalue weighted by Gasteiger charge is -2.42. The summed E-state index contributed by atoms with van der Waals surface area (Å²) in [5, 5.41) is 0.588. The summed E-state index contributed by atoms with van der Waals surface area (Å²) in [6.07, 6.45) is 1.83. The standard InChI is InChI=1S/C22H24ClFN2O3/c23-17-4-1-3-16(11-17)12-21(28)26-10-2-9-22(14-26,13-20(25)27)15-29-19-7-5-18(24)6-8-19/h1,3-8,11H,2,9-10,12-15H2,(H2,25,27)/t22-/m1/s1. The molecule has 0 radical (unpaired) electrons. The van der Waals surface area contributed by atoms with E-state index in [9.17, 15) is 14.0 Å². The second-order valence-corrected chi connectivity index (χ2v) is 8.05. The molecule has 1 aliphatic heterocycles. The lowest BCUT2D eigenvalue weighted by atomic mass is 9.77. The highest BCUT2D eigenvalue weighted by Crippen LogP contribution is 2.34. The molecule has 1 saturated heterocycles. The van der Waals surface area contributed by atoms with Crippen LogP contribution in [0.1, 0.15) is 24.8 Å². The molecule has 0 unspecified atom stereocenters. The van der Waals surface area contributed by atoms with Crippen molar-refractivity contribution in [3.05, 3.63) is 64.9 Å². The Bertz CT molecular complexity index is 875. The monoisotopic (exact) mass is 418 g/mol. The van der Waals surface area contributed by atoms with Gasteiger partial charge in [-0.25, -0.2) is 4.39 Å². The molecule has 0 bridgehead atoms. The first kappa shape index (κ1) is 21.1. The summed E-state index contributed by atoms with van der Waals surface area (Å²) in [5.74, 6) is -0.295. The number of halogens is 2. The van der Waals surface area contributed by atoms with Crippen LogP contribution in [0.4, 0.5) is 4.39 Å². The normalized spacial score (nSPS) is 19.0. The number of likely N-dealkylation sites (tertiary alicyclic amines) is 1. The first-order chi connectivity index (χ1) is 13.8. The highest BCUT2D eigenvalue weighted by Gasteiger charge is 2.39. The topological polar surface area (TPSA) is 72.6 Å². The Kier molecular flexibility index (Phi) is 6.75. The molecule has 1 atom stereocenters. The average Bonchev–Trinajstić information content (AvgIpc) is 2.67. The van der Waals surface area contributed by atoms with E-state index in [1.807, 2.05) is 12.1 Å². The highest BCUT2D eigenvalue weighted by molar-refractivity contribution is 6.30. The van der Waals surface area contributed by atoms with Crippen molar-refractivity contribution in [2.75, 3.05) is 19.7 Å². The van der Waals surface area contributed by atoms with Gasteiger partial charge in [0.1, 0.15) is 11.6 Å². The Labute approximate surface area is 174 Å². The zero-order chi connectivity index (χ0) is 20.9. The minimum atomic E-state index is -0.567. The molecule has 29 heavy (non-hydrogen) atoms. The number of primary amides is 1. The number of benzene rings is 2. The fourth-order valence-electron chi connectivity index (χ4n) is 3.80. The summed E-state index contributed by atoms with van der Waals surface area (Å²) >= 11 is 6.01. The SMILES string of the molecule is NC(=O)C[C@]1(COc2ccc(F)cc2)CCCN(C(=O)Cc2cccc(Cl)c2)C1. The van der Waals surface area contributed by atoms with Gasteiger partial charge in [-0.15, -0.1) is 0 Å². The molecule has 0 aliphatic carbocycles. The number of hydrogen-bond donors (Lipinski definition) is 1. The predicted molar refractivity (Wildman–Crippen MR) is 109 cm³/mol. The maximum atomic E-state index is 13.1. The maximum absolute atomic E-state index is 13.1. The molecule has 2 N–H and O–H groups in total. The fourth-order valence-corrected chi connectivity index (χ4v) is 4.02. The Hall–Kier alpha value is -2.60. The van der Waals surface area contributed by atoms with E-state index in [-0.39, 0.29) is 31.2 Å². The number of nitrogens with two attached hydrogens (primary N) is 1. The molecular formula is C22H24ClFN2O3. The number of nitrogens with zero attached hydrogens (tertiary/aromatic N) is 1. The van der Waals surface area contributed by atoms with Crippen LogP contribution in [0, 0.1) is 11.2 Å². The summed E-state index contributed by atoms with van der Waals surface area (Å²) in [5.41, 5.74) is 5.77. The third-order valence-corrected chi connectivity index (χ3v) is 5.40. The smallest absolute Gasteiger partial charge is 0.227 e. The molecule has 2 aromatic carbocycles. The minimum absolute atomic E-state index is 0.0254. The molecule has 2 aromatic rings. The molecule has 0 spiro atoms. The minimum Gasteiger partial charge on any atom is -0.493 e. The first-order valence-corrected chi connectivity index (χ1v) is 9.92. The van der Waals surface area contributed by atoms with Gasteiger partial charge in [0, 0.05) is 29.9 Å². The van der Waals surface area contributed by atoms with Gasteiger partial charge in [0.2, 0.25) is 11.8 Å². The van der Waals surface area contributed by atoms with E-state index in [0.717, 1.165) is 18.4 Å². The van der Waals surface area contributed by atoms with Crippen LogP contribution < -0.4 is 10.5 Å². The second kappa shape index (κ2) is 9.27. The van der Waals surface area contributed by atoms with Crippen molar-refractivity contribution in [1.82, 2.24) is 4.90 Å². The summed E-state index contributed by atoms with van der Waals surface area (Å²) in [6.45, 7) is 1.23. The number of carbonyl (C=O) groups excluding carboxylic acids is 2. The van der Waals surface area contributed by atoms with Gasteiger partial charge in [-0.1, -0.05) is 23.7 Å². The van der Waals surface area contributed by atoms with Crippen molar-refractivity contribution in [2.45, 2.75) is 25.7 Å². The van der Waals surface area contributed by atoms with Crippen LogP contribution in [-0.4, -0.2) is 36.4 Å². The molecule has 1 heterocycles. The van der Waals surface area contributed by atoms with E-state index in [2.05, 4.69) is 0 Å². The summed E-state index contributed by atoms with van der Waals surface area (Å²) in [4.78, 5) is 26.3.